The van der Waals surface area contributed by atoms with Crippen molar-refractivity contribution < 1.29 is 9.59 Å². The largest absolute Gasteiger partial charge is 0.342 e. The van der Waals surface area contributed by atoms with Gasteiger partial charge in [-0.15, -0.1) is 11.3 Å². The fourth-order valence-electron chi connectivity index (χ4n) is 5.23. The molecule has 0 radical (unpaired) electrons. The van der Waals surface area contributed by atoms with Crippen LogP contribution in [0.2, 0.25) is 0 Å². The number of benzene rings is 1. The molecule has 1 aliphatic carbocycles. The Labute approximate surface area is 195 Å². The van der Waals surface area contributed by atoms with Crippen molar-refractivity contribution in [3.63, 3.8) is 0 Å². The van der Waals surface area contributed by atoms with Gasteiger partial charge in [0.2, 0.25) is 5.91 Å². The van der Waals surface area contributed by atoms with Crippen molar-refractivity contribution in [1.29, 1.82) is 0 Å². The molecule has 1 aliphatic heterocycles. The van der Waals surface area contributed by atoms with Gasteiger partial charge in [-0.3, -0.25) is 9.59 Å². The van der Waals surface area contributed by atoms with E-state index in [4.69, 9.17) is 4.98 Å². The second-order valence-corrected chi connectivity index (χ2v) is 11.4. The van der Waals surface area contributed by atoms with E-state index in [9.17, 15) is 9.59 Å². The van der Waals surface area contributed by atoms with Crippen LogP contribution in [-0.2, 0) is 4.79 Å². The molecule has 1 saturated carbocycles. The van der Waals surface area contributed by atoms with Gasteiger partial charge in [0.05, 0.1) is 11.0 Å². The lowest BCUT2D eigenvalue weighted by Crippen LogP contribution is -2.40. The lowest BCUT2D eigenvalue weighted by Gasteiger charge is -2.32. The van der Waals surface area contributed by atoms with Crippen LogP contribution >= 0.6 is 11.3 Å². The highest BCUT2D eigenvalue weighted by Crippen LogP contribution is 2.68. The van der Waals surface area contributed by atoms with Gasteiger partial charge in [-0.2, -0.15) is 0 Å². The van der Waals surface area contributed by atoms with Crippen LogP contribution < -0.4 is 0 Å². The Balaban J connectivity index is 1.36. The van der Waals surface area contributed by atoms with Crippen LogP contribution in [0.1, 0.15) is 80.5 Å². The van der Waals surface area contributed by atoms with Crippen LogP contribution in [0.5, 0.6) is 0 Å². The van der Waals surface area contributed by atoms with Crippen molar-refractivity contribution in [2.45, 2.75) is 59.4 Å². The molecule has 5 nitrogen and oxygen atoms in total. The molecule has 2 aromatic rings. The SMILES string of the molecule is CC(c1ccccc1)N(C)C(=O)c1csc(C2CCN(C(=O)C3C(C)(C)C3(C)C)CC2)n1. The summed E-state index contributed by atoms with van der Waals surface area (Å²) in [5.41, 5.74) is 1.79. The maximum Gasteiger partial charge on any atom is 0.273 e. The third-order valence-electron chi connectivity index (χ3n) is 8.35. The van der Waals surface area contributed by atoms with Gasteiger partial charge in [0.15, 0.2) is 0 Å². The molecule has 1 aromatic carbocycles. The quantitative estimate of drug-likeness (QED) is 0.612. The molecule has 0 N–H and O–H groups in total. The second kappa shape index (κ2) is 8.29. The Kier molecular flexibility index (Phi) is 5.95. The third-order valence-corrected chi connectivity index (χ3v) is 9.36. The van der Waals surface area contributed by atoms with Gasteiger partial charge in [-0.25, -0.2) is 4.98 Å². The van der Waals surface area contributed by atoms with Crippen molar-refractivity contribution in [3.8, 4) is 0 Å². The maximum atomic E-state index is 13.0. The monoisotopic (exact) mass is 453 g/mol. The van der Waals surface area contributed by atoms with Crippen LogP contribution in [0, 0.1) is 16.7 Å². The van der Waals surface area contributed by atoms with Crippen LogP contribution in [0.4, 0.5) is 0 Å². The Hall–Kier alpha value is -2.21. The Morgan fingerprint density at radius 3 is 2.25 bits per heavy atom. The van der Waals surface area contributed by atoms with E-state index in [0.29, 0.717) is 17.5 Å². The Morgan fingerprint density at radius 1 is 1.09 bits per heavy atom. The highest BCUT2D eigenvalue weighted by Gasteiger charge is 2.68. The molecule has 1 unspecified atom stereocenters. The lowest BCUT2D eigenvalue weighted by molar-refractivity contribution is -0.134. The van der Waals surface area contributed by atoms with E-state index in [-0.39, 0.29) is 28.7 Å². The molecule has 2 heterocycles. The van der Waals surface area contributed by atoms with Crippen molar-refractivity contribution in [3.05, 3.63) is 52.0 Å². The summed E-state index contributed by atoms with van der Waals surface area (Å²) >= 11 is 1.58. The molecular formula is C26H35N3O2S. The van der Waals surface area contributed by atoms with Crippen molar-refractivity contribution in [1.82, 2.24) is 14.8 Å². The number of hydrogen-bond donors (Lipinski definition) is 0. The number of aromatic nitrogens is 1. The first-order chi connectivity index (χ1) is 15.1. The highest BCUT2D eigenvalue weighted by atomic mass is 32.1. The number of carbonyl (C=O) groups is 2. The number of rotatable bonds is 5. The summed E-state index contributed by atoms with van der Waals surface area (Å²) < 4.78 is 0. The summed E-state index contributed by atoms with van der Waals surface area (Å²) in [6.45, 7) is 12.4. The second-order valence-electron chi connectivity index (χ2n) is 10.5. The molecule has 1 aromatic heterocycles. The number of piperidine rings is 1. The third kappa shape index (κ3) is 3.87. The fraction of sp³-hybridized carbons (Fsp3) is 0.577. The number of amides is 2. The van der Waals surface area contributed by atoms with Gasteiger partial charge in [0.1, 0.15) is 5.69 Å². The van der Waals surface area contributed by atoms with Gasteiger partial charge in [0.25, 0.3) is 5.91 Å². The van der Waals surface area contributed by atoms with E-state index in [1.807, 2.05) is 54.6 Å². The zero-order chi connectivity index (χ0) is 23.3. The van der Waals surface area contributed by atoms with E-state index in [2.05, 4.69) is 27.7 Å². The maximum absolute atomic E-state index is 13.0. The van der Waals surface area contributed by atoms with Crippen molar-refractivity contribution >= 4 is 23.2 Å². The standard InChI is InChI=1S/C26H35N3O2S/c1-17(18-10-8-7-9-11-18)28(6)23(30)20-16-32-22(27-20)19-12-14-29(15-13-19)24(31)21-25(2,3)26(21,4)5/h7-11,16-17,19,21H,12-15H2,1-6H3. The number of nitrogens with zero attached hydrogens (tertiary/aromatic N) is 3. The zero-order valence-electron chi connectivity index (χ0n) is 20.1. The molecule has 172 valence electrons. The van der Waals surface area contributed by atoms with E-state index in [1.54, 1.807) is 16.2 Å². The van der Waals surface area contributed by atoms with Gasteiger partial charge < -0.3 is 9.80 Å². The predicted octanol–water partition coefficient (Wildman–Crippen LogP) is 5.36. The molecule has 0 spiro atoms. The summed E-state index contributed by atoms with van der Waals surface area (Å²) in [6, 6.07) is 10.0. The predicted molar refractivity (Wildman–Crippen MR) is 129 cm³/mol. The normalized spacial score (nSPS) is 21.2. The van der Waals surface area contributed by atoms with Gasteiger partial charge >= 0.3 is 0 Å². The molecule has 6 heteroatoms. The molecule has 2 aliphatic rings. The molecule has 32 heavy (non-hydrogen) atoms. The Bertz CT molecular complexity index is 976. The number of carbonyl (C=O) groups excluding carboxylic acids is 2. The zero-order valence-corrected chi connectivity index (χ0v) is 20.9. The molecule has 0 bridgehead atoms. The Morgan fingerprint density at radius 2 is 1.69 bits per heavy atom. The summed E-state index contributed by atoms with van der Waals surface area (Å²) in [5, 5.41) is 2.91. The van der Waals surface area contributed by atoms with Crippen LogP contribution in [0.25, 0.3) is 0 Å². The van der Waals surface area contributed by atoms with Crippen molar-refractivity contribution in [2.75, 3.05) is 20.1 Å². The molecule has 1 atom stereocenters. The first-order valence-electron chi connectivity index (χ1n) is 11.6. The highest BCUT2D eigenvalue weighted by molar-refractivity contribution is 7.09. The van der Waals surface area contributed by atoms with Crippen LogP contribution in [0.15, 0.2) is 35.7 Å². The first kappa shape index (κ1) is 23.0. The summed E-state index contributed by atoms with van der Waals surface area (Å²) in [7, 11) is 1.84. The minimum Gasteiger partial charge on any atom is -0.342 e. The summed E-state index contributed by atoms with van der Waals surface area (Å²) in [4.78, 5) is 34.6. The first-order valence-corrected chi connectivity index (χ1v) is 12.5. The van der Waals surface area contributed by atoms with Crippen molar-refractivity contribution in [2.24, 2.45) is 16.7 Å². The van der Waals surface area contributed by atoms with Gasteiger partial charge in [0, 0.05) is 37.4 Å². The fourth-order valence-corrected chi connectivity index (χ4v) is 6.19. The molecule has 4 rings (SSSR count). The van der Waals surface area contributed by atoms with E-state index < -0.39 is 0 Å². The lowest BCUT2D eigenvalue weighted by atomic mass is 9.96. The smallest absolute Gasteiger partial charge is 0.273 e. The number of hydrogen-bond acceptors (Lipinski definition) is 4. The molecule has 2 fully saturated rings. The van der Waals surface area contributed by atoms with E-state index in [0.717, 1.165) is 36.5 Å². The minimum atomic E-state index is -0.0466. The minimum absolute atomic E-state index is 0.0148. The molecule has 2 amide bonds. The topological polar surface area (TPSA) is 53.5 Å². The van der Waals surface area contributed by atoms with Gasteiger partial charge in [-0.05, 0) is 36.2 Å². The average molecular weight is 454 g/mol. The average Bonchev–Trinajstić information content (AvgIpc) is 3.10. The van der Waals surface area contributed by atoms with Crippen LogP contribution in [-0.4, -0.2) is 46.7 Å². The van der Waals surface area contributed by atoms with E-state index >= 15 is 0 Å². The summed E-state index contributed by atoms with van der Waals surface area (Å²) in [6.07, 6.45) is 1.83. The van der Waals surface area contributed by atoms with Gasteiger partial charge in [-0.1, -0.05) is 58.0 Å². The summed E-state index contributed by atoms with van der Waals surface area (Å²) in [5.74, 6) is 0.708. The number of likely N-dealkylation sites (tertiary alicyclic amines) is 1. The number of thiazole rings is 1. The van der Waals surface area contributed by atoms with Crippen LogP contribution in [0.3, 0.4) is 0 Å². The molecule has 1 saturated heterocycles. The van der Waals surface area contributed by atoms with E-state index in [1.165, 1.54) is 0 Å². The molecular weight excluding hydrogens is 418 g/mol.